The Balaban J connectivity index is 1.45. The second-order valence-electron chi connectivity index (χ2n) is 10.4. The van der Waals surface area contributed by atoms with E-state index in [9.17, 15) is 9.59 Å². The lowest BCUT2D eigenvalue weighted by molar-refractivity contribution is -0.122. The fourth-order valence-electron chi connectivity index (χ4n) is 4.88. The first kappa shape index (κ1) is 23.9. The summed E-state index contributed by atoms with van der Waals surface area (Å²) in [5, 5.41) is 4.19. The highest BCUT2D eigenvalue weighted by Gasteiger charge is 2.36. The predicted octanol–water partition coefficient (Wildman–Crippen LogP) is 4.35. The van der Waals surface area contributed by atoms with E-state index >= 15 is 0 Å². The quantitative estimate of drug-likeness (QED) is 0.695. The average molecular weight is 489 g/mol. The van der Waals surface area contributed by atoms with Crippen LogP contribution in [0.1, 0.15) is 45.2 Å². The van der Waals surface area contributed by atoms with Crippen LogP contribution in [-0.4, -0.2) is 53.6 Å². The Labute approximate surface area is 211 Å². The van der Waals surface area contributed by atoms with Gasteiger partial charge in [-0.15, -0.1) is 0 Å². The Kier molecular flexibility index (Phi) is 6.20. The molecule has 188 valence electrons. The van der Waals surface area contributed by atoms with E-state index in [2.05, 4.69) is 34.8 Å². The number of benzene rings is 2. The van der Waals surface area contributed by atoms with Gasteiger partial charge in [-0.2, -0.15) is 5.10 Å². The van der Waals surface area contributed by atoms with Gasteiger partial charge in [-0.1, -0.05) is 42.5 Å². The van der Waals surface area contributed by atoms with Crippen molar-refractivity contribution < 1.29 is 19.1 Å². The van der Waals surface area contributed by atoms with Crippen LogP contribution in [0.5, 0.6) is 5.75 Å². The molecular formula is C28H32N4O4. The molecule has 2 atom stereocenters. The van der Waals surface area contributed by atoms with Crippen LogP contribution < -0.4 is 15.1 Å². The number of fused-ring (bicyclic) bond motifs is 3. The van der Waals surface area contributed by atoms with Crippen LogP contribution >= 0.6 is 0 Å². The number of amides is 2. The number of amidine groups is 1. The van der Waals surface area contributed by atoms with E-state index in [-0.39, 0.29) is 24.1 Å². The normalized spacial score (nSPS) is 21.4. The third kappa shape index (κ3) is 4.80. The topological polar surface area (TPSA) is 83.5 Å². The van der Waals surface area contributed by atoms with Crippen LogP contribution in [0.2, 0.25) is 0 Å². The number of ether oxygens (including phenoxy) is 2. The van der Waals surface area contributed by atoms with Crippen molar-refractivity contribution in [3.8, 4) is 5.75 Å². The molecular weight excluding hydrogens is 456 g/mol. The number of anilines is 1. The van der Waals surface area contributed by atoms with Gasteiger partial charge in [0.05, 0.1) is 5.69 Å². The number of hydrogen-bond donors (Lipinski definition) is 1. The zero-order valence-electron chi connectivity index (χ0n) is 21.2. The number of carbonyl (C=O) groups is 2. The molecule has 2 aromatic carbocycles. The maximum absolute atomic E-state index is 13.1. The first-order chi connectivity index (χ1) is 17.2. The van der Waals surface area contributed by atoms with E-state index in [4.69, 9.17) is 9.47 Å². The molecule has 8 nitrogen and oxygen atoms in total. The summed E-state index contributed by atoms with van der Waals surface area (Å²) in [6, 6.07) is 15.8. The molecule has 3 heterocycles. The summed E-state index contributed by atoms with van der Waals surface area (Å²) >= 11 is 0. The number of nitrogens with zero attached hydrogens (tertiary/aromatic N) is 3. The lowest BCUT2D eigenvalue weighted by Crippen LogP contribution is -2.55. The first-order valence-electron chi connectivity index (χ1n) is 12.3. The molecule has 0 aliphatic carbocycles. The molecule has 1 N–H and O–H groups in total. The predicted molar refractivity (Wildman–Crippen MR) is 139 cm³/mol. The van der Waals surface area contributed by atoms with Gasteiger partial charge in [-0.3, -0.25) is 4.79 Å². The molecule has 8 heteroatoms. The Hall–Kier alpha value is -3.81. The smallest absolute Gasteiger partial charge is 0.410 e. The summed E-state index contributed by atoms with van der Waals surface area (Å²) < 4.78 is 11.6. The van der Waals surface area contributed by atoms with Crippen molar-refractivity contribution in [1.82, 2.24) is 10.3 Å². The summed E-state index contributed by atoms with van der Waals surface area (Å²) in [4.78, 5) is 29.1. The molecule has 5 rings (SSSR count). The molecule has 0 unspecified atom stereocenters. The van der Waals surface area contributed by atoms with Crippen molar-refractivity contribution in [3.63, 3.8) is 0 Å². The summed E-state index contributed by atoms with van der Waals surface area (Å²) in [7, 11) is 0. The number of hydrazone groups is 1. The second kappa shape index (κ2) is 9.33. The zero-order chi connectivity index (χ0) is 25.4. The third-order valence-electron chi connectivity index (χ3n) is 6.66. The van der Waals surface area contributed by atoms with Crippen molar-refractivity contribution in [1.29, 1.82) is 0 Å². The van der Waals surface area contributed by atoms with Crippen molar-refractivity contribution in [2.45, 2.75) is 58.2 Å². The van der Waals surface area contributed by atoms with Gasteiger partial charge in [-0.05, 0) is 69.4 Å². The summed E-state index contributed by atoms with van der Waals surface area (Å²) in [6.45, 7) is 8.29. The Morgan fingerprint density at radius 2 is 1.97 bits per heavy atom. The Bertz CT molecular complexity index is 1230. The van der Waals surface area contributed by atoms with E-state index < -0.39 is 5.60 Å². The Morgan fingerprint density at radius 3 is 2.72 bits per heavy atom. The van der Waals surface area contributed by atoms with Gasteiger partial charge in [0, 0.05) is 12.6 Å². The number of rotatable bonds is 3. The van der Waals surface area contributed by atoms with E-state index in [1.165, 1.54) is 5.56 Å². The fraction of sp³-hybridized carbons (Fsp3) is 0.393. The summed E-state index contributed by atoms with van der Waals surface area (Å²) in [6.07, 6.45) is 3.21. The second-order valence-corrected chi connectivity index (χ2v) is 10.4. The summed E-state index contributed by atoms with van der Waals surface area (Å²) in [5.41, 5.74) is 6.20. The van der Waals surface area contributed by atoms with Crippen LogP contribution in [0.4, 0.5) is 10.5 Å². The standard InChI is InChI=1S/C28H32N4O4/c1-18-26(33)30-29-25-17-35-24-11-10-20(16-23(24)32(18)25)21-12-13-31(27(34)36-28(2,3)4)22(15-21)14-19-8-6-5-7-9-19/h5-12,16,18,22H,13-15,17H2,1-4H3,(H,30,33)/t18-,22+/m1/s1. The van der Waals surface area contributed by atoms with Crippen molar-refractivity contribution in [2.24, 2.45) is 5.10 Å². The molecule has 36 heavy (non-hydrogen) atoms. The third-order valence-corrected chi connectivity index (χ3v) is 6.66. The van der Waals surface area contributed by atoms with Gasteiger partial charge >= 0.3 is 6.09 Å². The molecule has 0 spiro atoms. The minimum absolute atomic E-state index is 0.0497. The minimum Gasteiger partial charge on any atom is -0.483 e. The maximum Gasteiger partial charge on any atom is 0.410 e. The van der Waals surface area contributed by atoms with Gasteiger partial charge in [0.15, 0.2) is 5.84 Å². The molecule has 0 saturated carbocycles. The highest BCUT2D eigenvalue weighted by molar-refractivity contribution is 6.09. The van der Waals surface area contributed by atoms with E-state index in [1.54, 1.807) is 0 Å². The van der Waals surface area contributed by atoms with E-state index in [1.807, 2.05) is 67.8 Å². The monoisotopic (exact) mass is 488 g/mol. The first-order valence-corrected chi connectivity index (χ1v) is 12.3. The van der Waals surface area contributed by atoms with Crippen molar-refractivity contribution in [3.05, 3.63) is 65.7 Å². The van der Waals surface area contributed by atoms with Crippen LogP contribution in [0.3, 0.4) is 0 Å². The van der Waals surface area contributed by atoms with E-state index in [0.29, 0.717) is 25.4 Å². The van der Waals surface area contributed by atoms with Gasteiger partial charge in [0.2, 0.25) is 0 Å². The van der Waals surface area contributed by atoms with Gasteiger partial charge in [0.25, 0.3) is 5.91 Å². The van der Waals surface area contributed by atoms with E-state index in [0.717, 1.165) is 29.0 Å². The molecule has 0 radical (unpaired) electrons. The average Bonchev–Trinajstić information content (AvgIpc) is 2.85. The zero-order valence-corrected chi connectivity index (χ0v) is 21.2. The molecule has 0 saturated heterocycles. The SMILES string of the molecule is C[C@@H]1C(=O)NN=C2COc3ccc(C4=CCN(C(=O)OC(C)(C)C)[C@@H](Cc5ccccc5)C4)cc3N21. The van der Waals surface area contributed by atoms with Crippen LogP contribution in [0.15, 0.2) is 59.7 Å². The van der Waals surface area contributed by atoms with Crippen molar-refractivity contribution >= 4 is 29.1 Å². The van der Waals surface area contributed by atoms with Crippen LogP contribution in [-0.2, 0) is 16.0 Å². The highest BCUT2D eigenvalue weighted by Crippen LogP contribution is 2.39. The minimum atomic E-state index is -0.562. The molecule has 0 bridgehead atoms. The fourth-order valence-corrected chi connectivity index (χ4v) is 4.88. The number of nitrogens with one attached hydrogen (secondary N) is 1. The highest BCUT2D eigenvalue weighted by atomic mass is 16.6. The van der Waals surface area contributed by atoms with Gasteiger partial charge < -0.3 is 19.3 Å². The molecule has 2 aromatic rings. The number of carbonyl (C=O) groups excluding carboxylic acids is 2. The molecule has 3 aliphatic rings. The summed E-state index contributed by atoms with van der Waals surface area (Å²) in [5.74, 6) is 1.26. The van der Waals surface area contributed by atoms with Gasteiger partial charge in [0.1, 0.15) is 24.0 Å². The molecule has 0 aromatic heterocycles. The van der Waals surface area contributed by atoms with Crippen LogP contribution in [0.25, 0.3) is 5.57 Å². The number of hydrogen-bond acceptors (Lipinski definition) is 6. The molecule has 2 amide bonds. The lowest BCUT2D eigenvalue weighted by atomic mass is 9.90. The Morgan fingerprint density at radius 1 is 1.19 bits per heavy atom. The largest absolute Gasteiger partial charge is 0.483 e. The maximum atomic E-state index is 13.1. The molecule has 3 aliphatic heterocycles. The van der Waals surface area contributed by atoms with Crippen LogP contribution in [0, 0.1) is 0 Å². The van der Waals surface area contributed by atoms with Gasteiger partial charge in [-0.25, -0.2) is 10.2 Å². The lowest BCUT2D eigenvalue weighted by Gasteiger charge is -2.39. The van der Waals surface area contributed by atoms with Crippen molar-refractivity contribution in [2.75, 3.05) is 18.1 Å². The molecule has 0 fully saturated rings.